The van der Waals surface area contributed by atoms with E-state index in [0.29, 0.717) is 6.54 Å². The molecule has 25 heavy (non-hydrogen) atoms. The van der Waals surface area contributed by atoms with E-state index in [1.807, 2.05) is 25.2 Å². The highest BCUT2D eigenvalue weighted by molar-refractivity contribution is 9.10. The Balaban J connectivity index is 1.75. The molecule has 1 aliphatic rings. The number of methoxy groups -OCH3 is 1. The van der Waals surface area contributed by atoms with Crippen molar-refractivity contribution in [1.82, 2.24) is 4.90 Å². The summed E-state index contributed by atoms with van der Waals surface area (Å²) in [5.74, 6) is 1.67. The topological polar surface area (TPSA) is 29.5 Å². The Morgan fingerprint density at radius 3 is 2.92 bits per heavy atom. The van der Waals surface area contributed by atoms with Crippen molar-refractivity contribution in [2.24, 2.45) is 5.92 Å². The number of ether oxygens (including phenoxy) is 1. The molecule has 0 aliphatic heterocycles. The first-order chi connectivity index (χ1) is 12.0. The third-order valence-corrected chi connectivity index (χ3v) is 6.69. The first-order valence-corrected chi connectivity index (χ1v) is 10.3. The van der Waals surface area contributed by atoms with E-state index in [1.165, 1.54) is 23.3 Å². The lowest BCUT2D eigenvalue weighted by molar-refractivity contribution is 0.0789. The number of amides is 1. The fourth-order valence-corrected chi connectivity index (χ4v) is 5.05. The minimum Gasteiger partial charge on any atom is -0.496 e. The summed E-state index contributed by atoms with van der Waals surface area (Å²) >= 11 is 5.17. The molecule has 1 aliphatic carbocycles. The molecule has 0 radical (unpaired) electrons. The molecule has 5 heteroatoms. The monoisotopic (exact) mass is 421 g/mol. The first-order valence-electron chi connectivity index (χ1n) is 8.71. The highest BCUT2D eigenvalue weighted by Crippen LogP contribution is 2.34. The van der Waals surface area contributed by atoms with Crippen LogP contribution in [0, 0.1) is 5.92 Å². The lowest BCUT2D eigenvalue weighted by atomic mass is 9.87. The quantitative estimate of drug-likeness (QED) is 0.654. The van der Waals surface area contributed by atoms with Crippen molar-refractivity contribution >= 4 is 33.2 Å². The van der Waals surface area contributed by atoms with E-state index < -0.39 is 0 Å². The van der Waals surface area contributed by atoms with Crippen LogP contribution in [0.3, 0.4) is 0 Å². The van der Waals surface area contributed by atoms with Gasteiger partial charge in [0.15, 0.2) is 0 Å². The zero-order chi connectivity index (χ0) is 18.0. The number of hydrogen-bond donors (Lipinski definition) is 0. The van der Waals surface area contributed by atoms with Crippen LogP contribution in [0.4, 0.5) is 0 Å². The van der Waals surface area contributed by atoms with E-state index in [2.05, 4.69) is 28.9 Å². The Morgan fingerprint density at radius 2 is 2.20 bits per heavy atom. The molecule has 1 amide bonds. The van der Waals surface area contributed by atoms with Crippen molar-refractivity contribution in [1.29, 1.82) is 0 Å². The van der Waals surface area contributed by atoms with Crippen molar-refractivity contribution in [3.05, 3.63) is 49.6 Å². The molecule has 3 nitrogen and oxygen atoms in total. The molecule has 134 valence electrons. The van der Waals surface area contributed by atoms with Crippen molar-refractivity contribution in [3.63, 3.8) is 0 Å². The molecular formula is C20H24BrNO2S. The maximum Gasteiger partial charge on any atom is 0.263 e. The number of carbonyl (C=O) groups is 1. The van der Waals surface area contributed by atoms with Crippen molar-refractivity contribution < 1.29 is 9.53 Å². The van der Waals surface area contributed by atoms with Crippen LogP contribution in [0.5, 0.6) is 5.75 Å². The second-order valence-corrected chi connectivity index (χ2v) is 8.75. The summed E-state index contributed by atoms with van der Waals surface area (Å²) < 4.78 is 6.41. The predicted octanol–water partition coefficient (Wildman–Crippen LogP) is 5.31. The zero-order valence-corrected chi connectivity index (χ0v) is 17.4. The summed E-state index contributed by atoms with van der Waals surface area (Å²) in [5.41, 5.74) is 2.39. The minimum atomic E-state index is 0.0921. The van der Waals surface area contributed by atoms with Gasteiger partial charge >= 0.3 is 0 Å². The number of halogens is 1. The molecule has 0 saturated carbocycles. The second-order valence-electron chi connectivity index (χ2n) is 6.69. The van der Waals surface area contributed by atoms with Gasteiger partial charge in [-0.3, -0.25) is 4.79 Å². The molecule has 0 spiro atoms. The van der Waals surface area contributed by atoms with E-state index >= 15 is 0 Å². The summed E-state index contributed by atoms with van der Waals surface area (Å²) in [6.45, 7) is 2.79. The largest absolute Gasteiger partial charge is 0.496 e. The molecule has 0 fully saturated rings. The van der Waals surface area contributed by atoms with Gasteiger partial charge in [0.1, 0.15) is 5.75 Å². The van der Waals surface area contributed by atoms with Crippen LogP contribution in [0.1, 0.15) is 45.4 Å². The first kappa shape index (κ1) is 18.5. The molecule has 0 unspecified atom stereocenters. The Hall–Kier alpha value is -1.33. The van der Waals surface area contributed by atoms with Crippen LogP contribution in [-0.2, 0) is 19.4 Å². The number of thiophene rings is 1. The molecule has 1 heterocycles. The van der Waals surface area contributed by atoms with E-state index in [0.717, 1.165) is 39.4 Å². The Bertz CT molecular complexity index is 771. The van der Waals surface area contributed by atoms with Gasteiger partial charge in [0, 0.05) is 28.5 Å². The maximum absolute atomic E-state index is 12.9. The fourth-order valence-electron chi connectivity index (χ4n) is 3.44. The van der Waals surface area contributed by atoms with Gasteiger partial charge in [0.05, 0.1) is 12.0 Å². The third-order valence-electron chi connectivity index (χ3n) is 4.97. The standard InChI is InChI=1S/C20H24BrNO2S/c1-4-13-5-8-18-14(9-13)11-19(25-18)20(23)22(2)12-15-10-16(21)6-7-17(15)24-3/h6-7,10-11,13H,4-5,8-9,12H2,1-3H3/t13-/m1/s1. The fraction of sp³-hybridized carbons (Fsp3) is 0.450. The average molecular weight is 422 g/mol. The summed E-state index contributed by atoms with van der Waals surface area (Å²) in [4.78, 5) is 16.9. The van der Waals surface area contributed by atoms with Gasteiger partial charge < -0.3 is 9.64 Å². The number of aryl methyl sites for hydroxylation is 1. The van der Waals surface area contributed by atoms with E-state index in [9.17, 15) is 4.79 Å². The average Bonchev–Trinajstić information content (AvgIpc) is 3.04. The molecule has 1 aromatic heterocycles. The number of hydrogen-bond acceptors (Lipinski definition) is 3. The van der Waals surface area contributed by atoms with Crippen LogP contribution in [0.2, 0.25) is 0 Å². The molecule has 0 N–H and O–H groups in total. The van der Waals surface area contributed by atoms with Gasteiger partial charge in [0.25, 0.3) is 5.91 Å². The van der Waals surface area contributed by atoms with Crippen LogP contribution < -0.4 is 4.74 Å². The number of carbonyl (C=O) groups excluding carboxylic acids is 1. The van der Waals surface area contributed by atoms with Crippen LogP contribution >= 0.6 is 27.3 Å². The van der Waals surface area contributed by atoms with Gasteiger partial charge in [-0.05, 0) is 55.0 Å². The SMILES string of the molecule is CC[C@@H]1CCc2sc(C(=O)N(C)Cc3cc(Br)ccc3OC)cc2C1. The van der Waals surface area contributed by atoms with E-state index in [1.54, 1.807) is 23.3 Å². The zero-order valence-electron chi connectivity index (χ0n) is 15.0. The molecule has 0 bridgehead atoms. The molecule has 1 atom stereocenters. The van der Waals surface area contributed by atoms with Crippen molar-refractivity contribution in [2.45, 2.75) is 39.2 Å². The second kappa shape index (κ2) is 7.92. The minimum absolute atomic E-state index is 0.0921. The highest BCUT2D eigenvalue weighted by Gasteiger charge is 2.23. The number of fused-ring (bicyclic) bond motifs is 1. The van der Waals surface area contributed by atoms with Gasteiger partial charge in [-0.1, -0.05) is 29.3 Å². The maximum atomic E-state index is 12.9. The lowest BCUT2D eigenvalue weighted by Crippen LogP contribution is -2.25. The van der Waals surface area contributed by atoms with Crippen LogP contribution in [0.15, 0.2) is 28.7 Å². The van der Waals surface area contributed by atoms with Gasteiger partial charge in [-0.2, -0.15) is 0 Å². The number of nitrogens with zero attached hydrogens (tertiary/aromatic N) is 1. The Morgan fingerprint density at radius 1 is 1.40 bits per heavy atom. The van der Waals surface area contributed by atoms with Crippen LogP contribution in [-0.4, -0.2) is 25.0 Å². The molecule has 2 aromatic rings. The Labute approximate surface area is 162 Å². The summed E-state index contributed by atoms with van der Waals surface area (Å²) in [6.07, 6.45) is 4.72. The molecule has 3 rings (SSSR count). The highest BCUT2D eigenvalue weighted by atomic mass is 79.9. The third kappa shape index (κ3) is 4.09. The van der Waals surface area contributed by atoms with Gasteiger partial charge in [0.2, 0.25) is 0 Å². The van der Waals surface area contributed by atoms with Gasteiger partial charge in [-0.15, -0.1) is 11.3 Å². The summed E-state index contributed by atoms with van der Waals surface area (Å²) in [5, 5.41) is 0. The lowest BCUT2D eigenvalue weighted by Gasteiger charge is -2.19. The van der Waals surface area contributed by atoms with E-state index in [-0.39, 0.29) is 5.91 Å². The Kier molecular flexibility index (Phi) is 5.85. The number of rotatable bonds is 5. The summed E-state index contributed by atoms with van der Waals surface area (Å²) in [6, 6.07) is 8.00. The smallest absolute Gasteiger partial charge is 0.263 e. The van der Waals surface area contributed by atoms with Crippen molar-refractivity contribution in [3.8, 4) is 5.75 Å². The molecule has 0 saturated heterocycles. The van der Waals surface area contributed by atoms with E-state index in [4.69, 9.17) is 4.74 Å². The van der Waals surface area contributed by atoms with Crippen LogP contribution in [0.25, 0.3) is 0 Å². The molecular weight excluding hydrogens is 398 g/mol. The number of benzene rings is 1. The summed E-state index contributed by atoms with van der Waals surface area (Å²) in [7, 11) is 3.52. The predicted molar refractivity (Wildman–Crippen MR) is 107 cm³/mol. The molecule has 1 aromatic carbocycles. The van der Waals surface area contributed by atoms with Gasteiger partial charge in [-0.25, -0.2) is 0 Å². The van der Waals surface area contributed by atoms with Crippen molar-refractivity contribution in [2.75, 3.05) is 14.2 Å². The normalized spacial score (nSPS) is 16.4.